The van der Waals surface area contributed by atoms with Crippen LogP contribution in [0.5, 0.6) is 0 Å². The van der Waals surface area contributed by atoms with Crippen LogP contribution < -0.4 is 0 Å². The highest BCUT2D eigenvalue weighted by molar-refractivity contribution is 5.72. The topological polar surface area (TPSA) is 39.2 Å². The first-order valence-corrected chi connectivity index (χ1v) is 4.53. The molecule has 0 amide bonds. The Bertz CT molecular complexity index is 472. The molecule has 0 fully saturated rings. The molecule has 90 valence electrons. The molecule has 0 N–H and O–H groups in total. The number of carbonyl (C=O) groups is 1. The minimum absolute atomic E-state index is 0.0382. The van der Waals surface area contributed by atoms with Crippen molar-refractivity contribution in [1.29, 1.82) is 0 Å². The highest BCUT2D eigenvalue weighted by Gasteiger charge is 2.32. The molecular weight excluding hydrogens is 235 g/mol. The SMILES string of the molecule is COC(=O)CC#Cc1cccc(C(F)(F)F)n1. The second kappa shape index (κ2) is 5.34. The van der Waals surface area contributed by atoms with Gasteiger partial charge >= 0.3 is 12.1 Å². The average molecular weight is 243 g/mol. The summed E-state index contributed by atoms with van der Waals surface area (Å²) in [5.74, 6) is 4.19. The van der Waals surface area contributed by atoms with E-state index in [1.165, 1.54) is 19.2 Å². The third-order valence-corrected chi connectivity index (χ3v) is 1.72. The Labute approximate surface area is 95.6 Å². The van der Waals surface area contributed by atoms with E-state index in [2.05, 4.69) is 21.6 Å². The van der Waals surface area contributed by atoms with E-state index < -0.39 is 17.8 Å². The number of alkyl halides is 3. The molecule has 1 heterocycles. The predicted octanol–water partition coefficient (Wildman–Crippen LogP) is 2.02. The lowest BCUT2D eigenvalue weighted by Gasteiger charge is -2.04. The van der Waals surface area contributed by atoms with E-state index in [0.717, 1.165) is 6.07 Å². The van der Waals surface area contributed by atoms with Crippen LogP contribution in [0.15, 0.2) is 18.2 Å². The molecule has 6 heteroatoms. The van der Waals surface area contributed by atoms with Gasteiger partial charge in [0.25, 0.3) is 0 Å². The first-order chi connectivity index (χ1) is 7.93. The lowest BCUT2D eigenvalue weighted by Crippen LogP contribution is -2.08. The molecular formula is C11H8F3NO2. The maximum Gasteiger partial charge on any atom is 0.433 e. The molecule has 1 aromatic heterocycles. The lowest BCUT2D eigenvalue weighted by atomic mass is 10.3. The van der Waals surface area contributed by atoms with Crippen molar-refractivity contribution >= 4 is 5.97 Å². The Morgan fingerprint density at radius 3 is 2.76 bits per heavy atom. The first kappa shape index (κ1) is 13.0. The van der Waals surface area contributed by atoms with Crippen molar-refractivity contribution in [1.82, 2.24) is 4.98 Å². The zero-order valence-corrected chi connectivity index (χ0v) is 8.84. The zero-order valence-electron chi connectivity index (χ0n) is 8.84. The van der Waals surface area contributed by atoms with Gasteiger partial charge in [-0.1, -0.05) is 12.0 Å². The Balaban J connectivity index is 2.83. The zero-order chi connectivity index (χ0) is 12.9. The average Bonchev–Trinajstić information content (AvgIpc) is 2.28. The first-order valence-electron chi connectivity index (χ1n) is 4.53. The Kier molecular flexibility index (Phi) is 4.10. The second-order valence-electron chi connectivity index (χ2n) is 2.96. The van der Waals surface area contributed by atoms with Crippen LogP contribution in [0.4, 0.5) is 13.2 Å². The van der Waals surface area contributed by atoms with Gasteiger partial charge in [-0.25, -0.2) is 4.98 Å². The van der Waals surface area contributed by atoms with Gasteiger partial charge in [-0.2, -0.15) is 13.2 Å². The van der Waals surface area contributed by atoms with Crippen molar-refractivity contribution in [2.24, 2.45) is 0 Å². The summed E-state index contributed by atoms with van der Waals surface area (Å²) in [6, 6.07) is 3.39. The highest BCUT2D eigenvalue weighted by Crippen LogP contribution is 2.27. The largest absolute Gasteiger partial charge is 0.468 e. The summed E-state index contributed by atoms with van der Waals surface area (Å²) >= 11 is 0. The molecule has 0 saturated carbocycles. The molecule has 0 aliphatic heterocycles. The normalized spacial score (nSPS) is 10.4. The summed E-state index contributed by atoms with van der Waals surface area (Å²) < 4.78 is 41.2. The van der Waals surface area contributed by atoms with Crippen LogP contribution in [-0.4, -0.2) is 18.1 Å². The van der Waals surface area contributed by atoms with Crippen molar-refractivity contribution in [2.45, 2.75) is 12.6 Å². The van der Waals surface area contributed by atoms with Gasteiger partial charge in [-0.05, 0) is 18.1 Å². The second-order valence-corrected chi connectivity index (χ2v) is 2.96. The molecule has 0 aliphatic carbocycles. The molecule has 1 aromatic rings. The number of hydrogen-bond donors (Lipinski definition) is 0. The molecule has 1 rings (SSSR count). The Hall–Kier alpha value is -2.03. The van der Waals surface area contributed by atoms with Gasteiger partial charge in [-0.15, -0.1) is 0 Å². The number of aromatic nitrogens is 1. The van der Waals surface area contributed by atoms with Gasteiger partial charge in [0.1, 0.15) is 17.8 Å². The number of halogens is 3. The summed E-state index contributed by atoms with van der Waals surface area (Å²) in [4.78, 5) is 14.0. The van der Waals surface area contributed by atoms with E-state index in [0.29, 0.717) is 0 Å². The maximum atomic E-state index is 12.3. The molecule has 0 bridgehead atoms. The Morgan fingerprint density at radius 1 is 1.47 bits per heavy atom. The van der Waals surface area contributed by atoms with Crippen LogP contribution >= 0.6 is 0 Å². The van der Waals surface area contributed by atoms with Crippen molar-refractivity contribution < 1.29 is 22.7 Å². The quantitative estimate of drug-likeness (QED) is 0.559. The van der Waals surface area contributed by atoms with Gasteiger partial charge < -0.3 is 4.74 Å². The highest BCUT2D eigenvalue weighted by atomic mass is 19.4. The fourth-order valence-corrected chi connectivity index (χ4v) is 0.941. The minimum atomic E-state index is -4.50. The van der Waals surface area contributed by atoms with Crippen LogP contribution in [0, 0.1) is 11.8 Å². The summed E-state index contributed by atoms with van der Waals surface area (Å²) in [7, 11) is 1.20. The van der Waals surface area contributed by atoms with Crippen molar-refractivity contribution in [2.75, 3.05) is 7.11 Å². The smallest absolute Gasteiger partial charge is 0.433 e. The Morgan fingerprint density at radius 2 is 2.18 bits per heavy atom. The van der Waals surface area contributed by atoms with E-state index in [4.69, 9.17) is 0 Å². The summed E-state index contributed by atoms with van der Waals surface area (Å²) in [5.41, 5.74) is -1.05. The number of hydrogen-bond acceptors (Lipinski definition) is 3. The van der Waals surface area contributed by atoms with E-state index in [1.54, 1.807) is 0 Å². The third kappa shape index (κ3) is 4.15. The van der Waals surface area contributed by atoms with Gasteiger partial charge in [-0.3, -0.25) is 4.79 Å². The van der Waals surface area contributed by atoms with Crippen molar-refractivity contribution in [3.8, 4) is 11.8 Å². The molecule has 0 atom stereocenters. The molecule has 0 unspecified atom stereocenters. The van der Waals surface area contributed by atoms with Crippen LogP contribution in [0.25, 0.3) is 0 Å². The fourth-order valence-electron chi connectivity index (χ4n) is 0.941. The molecule has 0 aromatic carbocycles. The number of ether oxygens (including phenoxy) is 1. The maximum absolute atomic E-state index is 12.3. The molecule has 0 saturated heterocycles. The standard InChI is InChI=1S/C11H8F3NO2/c1-17-10(16)7-3-5-8-4-2-6-9(15-8)11(12,13)14/h2,4,6H,7H2,1H3. The predicted molar refractivity (Wildman–Crippen MR) is 52.8 cm³/mol. The van der Waals surface area contributed by atoms with Crippen LogP contribution in [0.3, 0.4) is 0 Å². The monoisotopic (exact) mass is 243 g/mol. The summed E-state index contributed by atoms with van der Waals surface area (Å²) in [6.45, 7) is 0. The number of methoxy groups -OCH3 is 1. The summed E-state index contributed by atoms with van der Waals surface area (Å²) in [5, 5.41) is 0. The fraction of sp³-hybridized carbons (Fsp3) is 0.273. The van der Waals surface area contributed by atoms with Crippen LogP contribution in [-0.2, 0) is 15.7 Å². The van der Waals surface area contributed by atoms with Gasteiger partial charge in [0.05, 0.1) is 7.11 Å². The molecule has 0 radical (unpaired) electrons. The number of rotatable bonds is 1. The van der Waals surface area contributed by atoms with Gasteiger partial charge in [0.2, 0.25) is 0 Å². The number of carbonyl (C=O) groups excluding carboxylic acids is 1. The minimum Gasteiger partial charge on any atom is -0.468 e. The van der Waals surface area contributed by atoms with Crippen molar-refractivity contribution in [3.63, 3.8) is 0 Å². The summed E-state index contributed by atoms with van der Waals surface area (Å²) in [6.07, 6.45) is -4.69. The molecule has 0 aliphatic rings. The molecule has 0 spiro atoms. The van der Waals surface area contributed by atoms with Crippen LogP contribution in [0.2, 0.25) is 0 Å². The van der Waals surface area contributed by atoms with Gasteiger partial charge in [0, 0.05) is 0 Å². The van der Waals surface area contributed by atoms with Gasteiger partial charge in [0.15, 0.2) is 0 Å². The van der Waals surface area contributed by atoms with E-state index in [9.17, 15) is 18.0 Å². The molecule has 3 nitrogen and oxygen atoms in total. The third-order valence-electron chi connectivity index (χ3n) is 1.72. The number of esters is 1. The molecule has 17 heavy (non-hydrogen) atoms. The van der Waals surface area contributed by atoms with E-state index >= 15 is 0 Å². The van der Waals surface area contributed by atoms with Crippen molar-refractivity contribution in [3.05, 3.63) is 29.6 Å². The number of pyridine rings is 1. The van der Waals surface area contributed by atoms with E-state index in [-0.39, 0.29) is 12.1 Å². The lowest BCUT2D eigenvalue weighted by molar-refractivity contribution is -0.141. The number of nitrogens with zero attached hydrogens (tertiary/aromatic N) is 1. The van der Waals surface area contributed by atoms with Crippen LogP contribution in [0.1, 0.15) is 17.8 Å². The van der Waals surface area contributed by atoms with E-state index in [1.807, 2.05) is 0 Å².